The Bertz CT molecular complexity index is 932. The van der Waals surface area contributed by atoms with Crippen molar-refractivity contribution in [2.45, 2.75) is 42.3 Å². The van der Waals surface area contributed by atoms with E-state index in [0.717, 1.165) is 44.2 Å². The van der Waals surface area contributed by atoms with Gasteiger partial charge in [0.15, 0.2) is 0 Å². The Morgan fingerprint density at radius 1 is 0.706 bits per heavy atom. The lowest BCUT2D eigenvalue weighted by Crippen LogP contribution is -2.25. The van der Waals surface area contributed by atoms with Crippen LogP contribution < -0.4 is 15.4 Å². The summed E-state index contributed by atoms with van der Waals surface area (Å²) in [7, 11) is 0. The molecule has 0 radical (unpaired) electrons. The molecule has 2 rings (SSSR count). The molecule has 0 saturated carbocycles. The second kappa shape index (κ2) is 13.1. The highest BCUT2D eigenvalue weighted by Crippen LogP contribution is 2.38. The zero-order chi connectivity index (χ0) is 25.2. The number of carbonyl (C=O) groups excluding carboxylic acids is 2. The van der Waals surface area contributed by atoms with E-state index >= 15 is 0 Å². The standard InChI is InChI=1S/C23H24Cl3F3N2O3/c24-22(25,26)18-10-6-16(7-11-18)20(32)30-14-4-2-1-3-5-15-31-21(33)17-8-12-19(13-9-17)34-23(27,28)29/h6-13H,1-5,14-15H2,(H,30,32)(H,31,33). The van der Waals surface area contributed by atoms with Crippen LogP contribution in [0.1, 0.15) is 58.4 Å². The molecular formula is C23H24Cl3F3N2O3. The first kappa shape index (κ1) is 28.1. The number of nitrogens with one attached hydrogen (secondary N) is 2. The van der Waals surface area contributed by atoms with Crippen molar-refractivity contribution in [3.63, 3.8) is 0 Å². The third kappa shape index (κ3) is 10.4. The van der Waals surface area contributed by atoms with Crippen LogP contribution in [0.3, 0.4) is 0 Å². The highest BCUT2D eigenvalue weighted by Gasteiger charge is 2.31. The molecule has 0 aliphatic heterocycles. The van der Waals surface area contributed by atoms with Gasteiger partial charge in [-0.05, 0) is 49.2 Å². The molecule has 34 heavy (non-hydrogen) atoms. The minimum atomic E-state index is -4.77. The first-order valence-corrected chi connectivity index (χ1v) is 11.7. The highest BCUT2D eigenvalue weighted by atomic mass is 35.6. The molecule has 2 aromatic rings. The second-order valence-corrected chi connectivity index (χ2v) is 9.71. The number of carbonyl (C=O) groups is 2. The maximum absolute atomic E-state index is 12.2. The van der Waals surface area contributed by atoms with Crippen molar-refractivity contribution in [3.8, 4) is 5.75 Å². The Morgan fingerprint density at radius 3 is 1.53 bits per heavy atom. The minimum Gasteiger partial charge on any atom is -0.406 e. The quantitative estimate of drug-likeness (QED) is 0.252. The molecule has 0 atom stereocenters. The third-order valence-electron chi connectivity index (χ3n) is 4.75. The van der Waals surface area contributed by atoms with Crippen LogP contribution in [-0.2, 0) is 3.79 Å². The molecule has 0 saturated heterocycles. The fourth-order valence-electron chi connectivity index (χ4n) is 3.01. The normalized spacial score (nSPS) is 11.7. The maximum Gasteiger partial charge on any atom is 0.573 e. The van der Waals surface area contributed by atoms with Crippen molar-refractivity contribution in [1.82, 2.24) is 10.6 Å². The van der Waals surface area contributed by atoms with Gasteiger partial charge in [0, 0.05) is 29.8 Å². The summed E-state index contributed by atoms with van der Waals surface area (Å²) in [6.07, 6.45) is -0.436. The third-order valence-corrected chi connectivity index (χ3v) is 5.40. The number of hydrogen-bond acceptors (Lipinski definition) is 3. The lowest BCUT2D eigenvalue weighted by molar-refractivity contribution is -0.274. The van der Waals surface area contributed by atoms with E-state index in [1.807, 2.05) is 0 Å². The van der Waals surface area contributed by atoms with Crippen LogP contribution in [0.25, 0.3) is 0 Å². The Hall–Kier alpha value is -2.16. The van der Waals surface area contributed by atoms with Gasteiger partial charge < -0.3 is 15.4 Å². The summed E-state index contributed by atoms with van der Waals surface area (Å²) >= 11 is 17.4. The van der Waals surface area contributed by atoms with Crippen molar-refractivity contribution in [2.75, 3.05) is 13.1 Å². The van der Waals surface area contributed by atoms with Crippen molar-refractivity contribution >= 4 is 46.6 Å². The number of halogens is 6. The number of amides is 2. The predicted molar refractivity (Wildman–Crippen MR) is 127 cm³/mol. The lowest BCUT2D eigenvalue weighted by Gasteiger charge is -2.11. The summed E-state index contributed by atoms with van der Waals surface area (Å²) in [5.74, 6) is -0.933. The molecule has 0 aromatic heterocycles. The molecular weight excluding hydrogens is 516 g/mol. The Morgan fingerprint density at radius 2 is 1.12 bits per heavy atom. The lowest BCUT2D eigenvalue weighted by atomic mass is 10.1. The largest absolute Gasteiger partial charge is 0.573 e. The first-order chi connectivity index (χ1) is 16.0. The molecule has 0 aliphatic rings. The smallest absolute Gasteiger partial charge is 0.406 e. The molecule has 2 amide bonds. The van der Waals surface area contributed by atoms with Gasteiger partial charge in [0.1, 0.15) is 5.75 Å². The summed E-state index contributed by atoms with van der Waals surface area (Å²) in [5.41, 5.74) is 1.22. The topological polar surface area (TPSA) is 67.4 Å². The van der Waals surface area contributed by atoms with Crippen LogP contribution in [0.2, 0.25) is 0 Å². The summed E-state index contributed by atoms with van der Waals surface area (Å²) in [6, 6.07) is 11.1. The fourth-order valence-corrected chi connectivity index (χ4v) is 3.38. The monoisotopic (exact) mass is 538 g/mol. The zero-order valence-electron chi connectivity index (χ0n) is 18.1. The molecule has 0 aliphatic carbocycles. The van der Waals surface area contributed by atoms with Gasteiger partial charge in [-0.15, -0.1) is 13.2 Å². The van der Waals surface area contributed by atoms with E-state index in [1.165, 1.54) is 12.1 Å². The van der Waals surface area contributed by atoms with Gasteiger partial charge in [-0.1, -0.05) is 66.2 Å². The number of alkyl halides is 6. The molecule has 0 bridgehead atoms. The number of ether oxygens (including phenoxy) is 1. The van der Waals surface area contributed by atoms with Crippen LogP contribution in [0, 0.1) is 0 Å². The van der Waals surface area contributed by atoms with Gasteiger partial charge in [-0.2, -0.15) is 0 Å². The van der Waals surface area contributed by atoms with Crippen molar-refractivity contribution in [3.05, 3.63) is 65.2 Å². The highest BCUT2D eigenvalue weighted by molar-refractivity contribution is 6.66. The SMILES string of the molecule is O=C(NCCCCCCCNC(=O)c1ccc(C(Cl)(Cl)Cl)cc1)c1ccc(OC(F)(F)F)cc1. The number of rotatable bonds is 11. The number of unbranched alkanes of at least 4 members (excludes halogenated alkanes) is 4. The van der Waals surface area contributed by atoms with Gasteiger partial charge in [0.05, 0.1) is 0 Å². The maximum atomic E-state index is 12.2. The molecule has 0 spiro atoms. The van der Waals surface area contributed by atoms with E-state index in [2.05, 4.69) is 15.4 Å². The van der Waals surface area contributed by atoms with Crippen LogP contribution in [0.5, 0.6) is 5.75 Å². The Kier molecular flexibility index (Phi) is 10.8. The average molecular weight is 540 g/mol. The second-order valence-electron chi connectivity index (χ2n) is 7.43. The summed E-state index contributed by atoms with van der Waals surface area (Å²) < 4.78 is 38.7. The van der Waals surface area contributed by atoms with E-state index in [9.17, 15) is 22.8 Å². The molecule has 0 unspecified atom stereocenters. The van der Waals surface area contributed by atoms with E-state index < -0.39 is 10.2 Å². The van der Waals surface area contributed by atoms with Gasteiger partial charge in [-0.25, -0.2) is 0 Å². The molecule has 0 heterocycles. The van der Waals surface area contributed by atoms with E-state index in [0.29, 0.717) is 24.2 Å². The van der Waals surface area contributed by atoms with Crippen LogP contribution >= 0.6 is 34.8 Å². The molecule has 2 aromatic carbocycles. The molecule has 5 nitrogen and oxygen atoms in total. The van der Waals surface area contributed by atoms with Crippen molar-refractivity contribution in [2.24, 2.45) is 0 Å². The van der Waals surface area contributed by atoms with Crippen LogP contribution in [0.15, 0.2) is 48.5 Å². The van der Waals surface area contributed by atoms with E-state index in [-0.39, 0.29) is 23.1 Å². The first-order valence-electron chi connectivity index (χ1n) is 10.6. The Balaban J connectivity index is 1.54. The predicted octanol–water partition coefficient (Wildman–Crippen LogP) is 6.52. The summed E-state index contributed by atoms with van der Waals surface area (Å²) in [6.45, 7) is 0.996. The summed E-state index contributed by atoms with van der Waals surface area (Å²) in [4.78, 5) is 24.2. The van der Waals surface area contributed by atoms with Crippen molar-refractivity contribution < 1.29 is 27.5 Å². The van der Waals surface area contributed by atoms with Gasteiger partial charge in [0.25, 0.3) is 11.8 Å². The number of benzene rings is 2. The minimum absolute atomic E-state index is 0.198. The molecule has 2 N–H and O–H groups in total. The molecule has 0 fully saturated rings. The van der Waals surface area contributed by atoms with Crippen molar-refractivity contribution in [1.29, 1.82) is 0 Å². The van der Waals surface area contributed by atoms with E-state index in [1.54, 1.807) is 24.3 Å². The molecule has 186 valence electrons. The van der Waals surface area contributed by atoms with E-state index in [4.69, 9.17) is 34.8 Å². The van der Waals surface area contributed by atoms with Crippen LogP contribution in [0.4, 0.5) is 13.2 Å². The average Bonchev–Trinajstić information content (AvgIpc) is 2.76. The number of hydrogen-bond donors (Lipinski definition) is 2. The van der Waals surface area contributed by atoms with Gasteiger partial charge in [0.2, 0.25) is 3.79 Å². The molecule has 11 heteroatoms. The van der Waals surface area contributed by atoms with Gasteiger partial charge >= 0.3 is 6.36 Å². The fraction of sp³-hybridized carbons (Fsp3) is 0.391. The Labute approximate surface area is 210 Å². The zero-order valence-corrected chi connectivity index (χ0v) is 20.3. The summed E-state index contributed by atoms with van der Waals surface area (Å²) in [5, 5.41) is 5.57. The van der Waals surface area contributed by atoms with Crippen LogP contribution in [-0.4, -0.2) is 31.3 Å². The van der Waals surface area contributed by atoms with Gasteiger partial charge in [-0.3, -0.25) is 9.59 Å².